The summed E-state index contributed by atoms with van der Waals surface area (Å²) in [7, 11) is 0. The molecule has 112 valence electrons. The van der Waals surface area contributed by atoms with Crippen molar-refractivity contribution in [1.29, 1.82) is 0 Å². The third-order valence-corrected chi connectivity index (χ3v) is 3.78. The van der Waals surface area contributed by atoms with Crippen molar-refractivity contribution in [2.75, 3.05) is 6.54 Å². The van der Waals surface area contributed by atoms with Crippen molar-refractivity contribution in [3.05, 3.63) is 71.3 Å². The van der Waals surface area contributed by atoms with Crippen LogP contribution >= 0.6 is 0 Å². The summed E-state index contributed by atoms with van der Waals surface area (Å²) in [5.41, 5.74) is 1.95. The Kier molecular flexibility index (Phi) is 5.45. The van der Waals surface area contributed by atoms with E-state index in [1.165, 1.54) is 17.7 Å². The Morgan fingerprint density at radius 2 is 1.52 bits per heavy atom. The maximum absolute atomic E-state index is 13.2. The largest absolute Gasteiger partial charge is 0.310 e. The molecule has 2 rings (SSSR count). The SMILES string of the molecule is CC(CCNC(C)c1cc(F)cc(F)c1)c1ccccc1. The molecule has 0 bridgehead atoms. The molecule has 0 aromatic heterocycles. The molecular weight excluding hydrogens is 268 g/mol. The lowest BCUT2D eigenvalue weighted by Gasteiger charge is -2.17. The van der Waals surface area contributed by atoms with Gasteiger partial charge in [0.25, 0.3) is 0 Å². The summed E-state index contributed by atoms with van der Waals surface area (Å²) in [4.78, 5) is 0. The molecule has 2 atom stereocenters. The monoisotopic (exact) mass is 289 g/mol. The lowest BCUT2D eigenvalue weighted by atomic mass is 9.97. The van der Waals surface area contributed by atoms with Crippen molar-refractivity contribution in [2.24, 2.45) is 0 Å². The summed E-state index contributed by atoms with van der Waals surface area (Å²) in [6.07, 6.45) is 0.978. The van der Waals surface area contributed by atoms with E-state index in [4.69, 9.17) is 0 Å². The van der Waals surface area contributed by atoms with Crippen molar-refractivity contribution in [3.63, 3.8) is 0 Å². The molecule has 2 aromatic rings. The number of nitrogens with one attached hydrogen (secondary N) is 1. The molecule has 21 heavy (non-hydrogen) atoms. The second kappa shape index (κ2) is 7.32. The number of hydrogen-bond acceptors (Lipinski definition) is 1. The zero-order valence-electron chi connectivity index (χ0n) is 12.4. The van der Waals surface area contributed by atoms with Crippen LogP contribution in [0.2, 0.25) is 0 Å². The van der Waals surface area contributed by atoms with Crippen LogP contribution in [-0.2, 0) is 0 Å². The highest BCUT2D eigenvalue weighted by Crippen LogP contribution is 2.19. The molecule has 0 aliphatic rings. The topological polar surface area (TPSA) is 12.0 Å². The molecule has 2 aromatic carbocycles. The molecule has 0 heterocycles. The molecule has 1 N–H and O–H groups in total. The summed E-state index contributed by atoms with van der Waals surface area (Å²) in [6.45, 7) is 4.90. The average Bonchev–Trinajstić information content (AvgIpc) is 2.47. The minimum Gasteiger partial charge on any atom is -0.310 e. The standard InChI is InChI=1S/C18H21F2N/c1-13(15-6-4-3-5-7-15)8-9-21-14(2)16-10-17(19)12-18(20)11-16/h3-7,10-14,21H,8-9H2,1-2H3. The van der Waals surface area contributed by atoms with E-state index in [2.05, 4.69) is 24.4 Å². The van der Waals surface area contributed by atoms with Gasteiger partial charge in [-0.25, -0.2) is 8.78 Å². The van der Waals surface area contributed by atoms with Crippen LogP contribution in [-0.4, -0.2) is 6.54 Å². The van der Waals surface area contributed by atoms with Crippen molar-refractivity contribution in [3.8, 4) is 0 Å². The number of benzene rings is 2. The van der Waals surface area contributed by atoms with Gasteiger partial charge in [0.05, 0.1) is 0 Å². The van der Waals surface area contributed by atoms with Crippen molar-refractivity contribution < 1.29 is 8.78 Å². The van der Waals surface area contributed by atoms with Gasteiger partial charge >= 0.3 is 0 Å². The Morgan fingerprint density at radius 3 is 2.14 bits per heavy atom. The van der Waals surface area contributed by atoms with Crippen LogP contribution < -0.4 is 5.32 Å². The molecule has 0 aliphatic heterocycles. The van der Waals surface area contributed by atoms with Crippen LogP contribution in [0.4, 0.5) is 8.78 Å². The Hall–Kier alpha value is -1.74. The highest BCUT2D eigenvalue weighted by Gasteiger charge is 2.10. The summed E-state index contributed by atoms with van der Waals surface area (Å²) < 4.78 is 26.4. The molecule has 0 radical (unpaired) electrons. The summed E-state index contributed by atoms with van der Waals surface area (Å²) in [5.74, 6) is -0.609. The molecule has 0 spiro atoms. The first-order valence-electron chi connectivity index (χ1n) is 7.30. The number of rotatable bonds is 6. The molecule has 0 amide bonds. The summed E-state index contributed by atoms with van der Waals surface area (Å²) in [5, 5.41) is 3.32. The first-order valence-corrected chi connectivity index (χ1v) is 7.30. The Morgan fingerprint density at radius 1 is 0.905 bits per heavy atom. The fourth-order valence-corrected chi connectivity index (χ4v) is 2.41. The van der Waals surface area contributed by atoms with E-state index in [9.17, 15) is 8.78 Å². The Labute approximate surface area is 125 Å². The van der Waals surface area contributed by atoms with Gasteiger partial charge in [0, 0.05) is 12.1 Å². The molecule has 0 saturated carbocycles. The highest BCUT2D eigenvalue weighted by atomic mass is 19.1. The van der Waals surface area contributed by atoms with Gasteiger partial charge in [-0.15, -0.1) is 0 Å². The third kappa shape index (κ3) is 4.64. The van der Waals surface area contributed by atoms with Gasteiger partial charge in [-0.1, -0.05) is 37.3 Å². The van der Waals surface area contributed by atoms with Crippen LogP contribution in [0.5, 0.6) is 0 Å². The van der Waals surface area contributed by atoms with E-state index in [-0.39, 0.29) is 6.04 Å². The van der Waals surface area contributed by atoms with Crippen LogP contribution in [0.25, 0.3) is 0 Å². The number of hydrogen-bond donors (Lipinski definition) is 1. The van der Waals surface area contributed by atoms with E-state index in [0.717, 1.165) is 19.0 Å². The van der Waals surface area contributed by atoms with Crippen molar-refractivity contribution >= 4 is 0 Å². The lowest BCUT2D eigenvalue weighted by molar-refractivity contribution is 0.520. The highest BCUT2D eigenvalue weighted by molar-refractivity contribution is 5.21. The predicted molar refractivity (Wildman–Crippen MR) is 82.2 cm³/mol. The van der Waals surface area contributed by atoms with Gasteiger partial charge in [0.1, 0.15) is 11.6 Å². The van der Waals surface area contributed by atoms with E-state index in [0.29, 0.717) is 11.5 Å². The molecule has 2 unspecified atom stereocenters. The molecule has 0 aliphatic carbocycles. The van der Waals surface area contributed by atoms with Gasteiger partial charge in [0.2, 0.25) is 0 Å². The quantitative estimate of drug-likeness (QED) is 0.804. The van der Waals surface area contributed by atoms with Crippen LogP contribution in [0.1, 0.15) is 43.4 Å². The second-order valence-electron chi connectivity index (χ2n) is 5.48. The first kappa shape index (κ1) is 15.6. The zero-order chi connectivity index (χ0) is 15.2. The lowest BCUT2D eigenvalue weighted by Crippen LogP contribution is -2.21. The van der Waals surface area contributed by atoms with Crippen LogP contribution in [0, 0.1) is 11.6 Å². The summed E-state index contributed by atoms with van der Waals surface area (Å²) in [6, 6.07) is 13.9. The minimum absolute atomic E-state index is 0.0711. The molecular formula is C18H21F2N. The normalized spacial score (nSPS) is 13.9. The zero-order valence-corrected chi connectivity index (χ0v) is 12.4. The molecule has 1 nitrogen and oxygen atoms in total. The van der Waals surface area contributed by atoms with E-state index >= 15 is 0 Å². The predicted octanol–water partition coefficient (Wildman–Crippen LogP) is 4.81. The van der Waals surface area contributed by atoms with Crippen molar-refractivity contribution in [2.45, 2.75) is 32.2 Å². The van der Waals surface area contributed by atoms with E-state index in [1.54, 1.807) is 0 Å². The molecule has 0 fully saturated rings. The fourth-order valence-electron chi connectivity index (χ4n) is 2.41. The van der Waals surface area contributed by atoms with E-state index in [1.807, 2.05) is 25.1 Å². The minimum atomic E-state index is -0.531. The van der Waals surface area contributed by atoms with Crippen molar-refractivity contribution in [1.82, 2.24) is 5.32 Å². The maximum Gasteiger partial charge on any atom is 0.126 e. The summed E-state index contributed by atoms with van der Waals surface area (Å²) >= 11 is 0. The second-order valence-corrected chi connectivity index (χ2v) is 5.48. The molecule has 3 heteroatoms. The Balaban J connectivity index is 1.85. The van der Waals surface area contributed by atoms with Crippen LogP contribution in [0.3, 0.4) is 0 Å². The van der Waals surface area contributed by atoms with E-state index < -0.39 is 11.6 Å². The van der Waals surface area contributed by atoms with Gasteiger partial charge in [-0.2, -0.15) is 0 Å². The average molecular weight is 289 g/mol. The van der Waals surface area contributed by atoms with Crippen LogP contribution in [0.15, 0.2) is 48.5 Å². The maximum atomic E-state index is 13.2. The Bertz CT molecular complexity index is 548. The van der Waals surface area contributed by atoms with Gasteiger partial charge in [0.15, 0.2) is 0 Å². The third-order valence-electron chi connectivity index (χ3n) is 3.78. The van der Waals surface area contributed by atoms with Gasteiger partial charge in [-0.3, -0.25) is 0 Å². The smallest absolute Gasteiger partial charge is 0.126 e. The first-order chi connectivity index (χ1) is 10.1. The molecule has 0 saturated heterocycles. The number of halogens is 2. The van der Waals surface area contributed by atoms with Gasteiger partial charge < -0.3 is 5.32 Å². The van der Waals surface area contributed by atoms with Gasteiger partial charge in [-0.05, 0) is 49.1 Å². The fraction of sp³-hybridized carbons (Fsp3) is 0.333.